The third-order valence-corrected chi connectivity index (χ3v) is 4.62. The second-order valence-electron chi connectivity index (χ2n) is 4.69. The molecule has 1 N–H and O–H groups in total. The van der Waals surface area contributed by atoms with Gasteiger partial charge in [-0.05, 0) is 36.4 Å². The lowest BCUT2D eigenvalue weighted by Gasteiger charge is -2.13. The summed E-state index contributed by atoms with van der Waals surface area (Å²) in [6.45, 7) is 0. The average Bonchev–Trinajstić information content (AvgIpc) is 2.60. The zero-order valence-corrected chi connectivity index (χ0v) is 14.2. The first-order valence-electron chi connectivity index (χ1n) is 6.84. The number of hydrogen-bond donors (Lipinski definition) is 1. The van der Waals surface area contributed by atoms with Crippen molar-refractivity contribution in [3.8, 4) is 11.5 Å². The van der Waals surface area contributed by atoms with Crippen LogP contribution in [0, 0.1) is 0 Å². The van der Waals surface area contributed by atoms with E-state index in [1.54, 1.807) is 12.1 Å². The Morgan fingerprint density at radius 3 is 2.17 bits per heavy atom. The molecule has 0 amide bonds. The van der Waals surface area contributed by atoms with Gasteiger partial charge in [-0.3, -0.25) is 4.72 Å². The summed E-state index contributed by atoms with van der Waals surface area (Å²) in [6.07, 6.45) is 0. The fraction of sp³-hybridized carbons (Fsp3) is 0.188. The van der Waals surface area contributed by atoms with Crippen LogP contribution in [0.5, 0.6) is 11.5 Å². The van der Waals surface area contributed by atoms with Crippen molar-refractivity contribution in [2.45, 2.75) is 4.90 Å². The number of ether oxygens (including phenoxy) is 3. The van der Waals surface area contributed by atoms with E-state index < -0.39 is 16.0 Å². The fourth-order valence-electron chi connectivity index (χ4n) is 1.99. The molecule has 2 aromatic rings. The van der Waals surface area contributed by atoms with Gasteiger partial charge < -0.3 is 14.2 Å². The maximum absolute atomic E-state index is 12.5. The summed E-state index contributed by atoms with van der Waals surface area (Å²) in [4.78, 5) is 11.4. The highest BCUT2D eigenvalue weighted by molar-refractivity contribution is 7.92. The van der Waals surface area contributed by atoms with Gasteiger partial charge in [-0.1, -0.05) is 0 Å². The number of hydrogen-bond acceptors (Lipinski definition) is 6. The zero-order chi connectivity index (χ0) is 17.7. The molecule has 0 aromatic heterocycles. The van der Waals surface area contributed by atoms with E-state index in [4.69, 9.17) is 9.47 Å². The standard InChI is InChI=1S/C16H17NO6S/c1-21-12-6-9-15(22-2)14(10-12)17-24(19,20)13-7-4-11(5-8-13)16(18)23-3/h4-10,17H,1-3H3. The van der Waals surface area contributed by atoms with Crippen LogP contribution in [0.1, 0.15) is 10.4 Å². The molecule has 0 aliphatic heterocycles. The van der Waals surface area contributed by atoms with Crippen LogP contribution in [0.4, 0.5) is 5.69 Å². The Morgan fingerprint density at radius 2 is 1.62 bits per heavy atom. The SMILES string of the molecule is COC(=O)c1ccc(S(=O)(=O)Nc2cc(OC)ccc2OC)cc1. The molecule has 0 aliphatic rings. The Kier molecular flexibility index (Phi) is 5.30. The van der Waals surface area contributed by atoms with Crippen LogP contribution < -0.4 is 14.2 Å². The summed E-state index contributed by atoms with van der Waals surface area (Å²) in [5.74, 6) is 0.293. The summed E-state index contributed by atoms with van der Waals surface area (Å²) in [6, 6.07) is 10.2. The van der Waals surface area contributed by atoms with E-state index in [0.717, 1.165) is 0 Å². The molecule has 0 unspecified atom stereocenters. The van der Waals surface area contributed by atoms with E-state index in [9.17, 15) is 13.2 Å². The van der Waals surface area contributed by atoms with E-state index in [2.05, 4.69) is 9.46 Å². The molecule has 0 saturated carbocycles. The minimum atomic E-state index is -3.86. The Morgan fingerprint density at radius 1 is 0.958 bits per heavy atom. The van der Waals surface area contributed by atoms with Crippen LogP contribution in [0.25, 0.3) is 0 Å². The highest BCUT2D eigenvalue weighted by atomic mass is 32.2. The number of anilines is 1. The lowest BCUT2D eigenvalue weighted by Crippen LogP contribution is -2.14. The molecule has 24 heavy (non-hydrogen) atoms. The van der Waals surface area contributed by atoms with Crippen molar-refractivity contribution in [2.75, 3.05) is 26.1 Å². The van der Waals surface area contributed by atoms with E-state index in [-0.39, 0.29) is 16.1 Å². The average molecular weight is 351 g/mol. The predicted octanol–water partition coefficient (Wildman–Crippen LogP) is 2.29. The summed E-state index contributed by atoms with van der Waals surface area (Å²) in [5.41, 5.74) is 0.504. The van der Waals surface area contributed by atoms with Crippen molar-refractivity contribution < 1.29 is 27.4 Å². The lowest BCUT2D eigenvalue weighted by molar-refractivity contribution is 0.0600. The van der Waals surface area contributed by atoms with Crippen LogP contribution >= 0.6 is 0 Å². The summed E-state index contributed by atoms with van der Waals surface area (Å²) >= 11 is 0. The van der Waals surface area contributed by atoms with Crippen LogP contribution in [-0.4, -0.2) is 35.7 Å². The number of carbonyl (C=O) groups is 1. The molecule has 128 valence electrons. The number of esters is 1. The van der Waals surface area contributed by atoms with Crippen LogP contribution in [0.15, 0.2) is 47.4 Å². The second-order valence-corrected chi connectivity index (χ2v) is 6.37. The van der Waals surface area contributed by atoms with Crippen LogP contribution in [-0.2, 0) is 14.8 Å². The molecule has 8 heteroatoms. The Labute approximate surface area is 140 Å². The van der Waals surface area contributed by atoms with Gasteiger partial charge in [-0.15, -0.1) is 0 Å². The van der Waals surface area contributed by atoms with Gasteiger partial charge in [0.05, 0.1) is 37.5 Å². The molecule has 0 spiro atoms. The second kappa shape index (κ2) is 7.22. The summed E-state index contributed by atoms with van der Waals surface area (Å²) < 4.78 is 42.2. The molecule has 0 radical (unpaired) electrons. The van der Waals surface area contributed by atoms with Crippen molar-refractivity contribution in [1.82, 2.24) is 0 Å². The highest BCUT2D eigenvalue weighted by Gasteiger charge is 2.18. The van der Waals surface area contributed by atoms with Gasteiger partial charge in [-0.2, -0.15) is 0 Å². The first-order chi connectivity index (χ1) is 11.4. The van der Waals surface area contributed by atoms with Crippen molar-refractivity contribution in [1.29, 1.82) is 0 Å². The smallest absolute Gasteiger partial charge is 0.337 e. The van der Waals surface area contributed by atoms with Gasteiger partial charge in [0.25, 0.3) is 10.0 Å². The summed E-state index contributed by atoms with van der Waals surface area (Å²) in [5, 5.41) is 0. The molecule has 2 aromatic carbocycles. The molecule has 0 heterocycles. The fourth-order valence-corrected chi connectivity index (χ4v) is 3.05. The zero-order valence-electron chi connectivity index (χ0n) is 13.4. The lowest BCUT2D eigenvalue weighted by atomic mass is 10.2. The van der Waals surface area contributed by atoms with Crippen molar-refractivity contribution in [3.05, 3.63) is 48.0 Å². The van der Waals surface area contributed by atoms with Crippen molar-refractivity contribution in [2.24, 2.45) is 0 Å². The molecular formula is C16H17NO6S. The van der Waals surface area contributed by atoms with Gasteiger partial charge >= 0.3 is 5.97 Å². The van der Waals surface area contributed by atoms with Crippen LogP contribution in [0.2, 0.25) is 0 Å². The normalized spacial score (nSPS) is 10.8. The van der Waals surface area contributed by atoms with Gasteiger partial charge in [0, 0.05) is 6.07 Å². The third kappa shape index (κ3) is 3.77. The monoisotopic (exact) mass is 351 g/mol. The maximum atomic E-state index is 12.5. The third-order valence-electron chi connectivity index (χ3n) is 3.24. The van der Waals surface area contributed by atoms with E-state index in [1.807, 2.05) is 0 Å². The Hall–Kier alpha value is -2.74. The first kappa shape index (κ1) is 17.6. The topological polar surface area (TPSA) is 90.9 Å². The van der Waals surface area contributed by atoms with Crippen molar-refractivity contribution >= 4 is 21.7 Å². The predicted molar refractivity (Wildman–Crippen MR) is 88.1 cm³/mol. The molecule has 0 bridgehead atoms. The molecule has 0 aliphatic carbocycles. The Bertz CT molecular complexity index is 830. The molecule has 0 atom stereocenters. The Balaban J connectivity index is 2.33. The molecule has 7 nitrogen and oxygen atoms in total. The number of nitrogens with one attached hydrogen (secondary N) is 1. The summed E-state index contributed by atoms with van der Waals surface area (Å²) in [7, 11) is 0.309. The largest absolute Gasteiger partial charge is 0.497 e. The van der Waals surface area contributed by atoms with Gasteiger partial charge in [0.2, 0.25) is 0 Å². The minimum absolute atomic E-state index is 0.0000241. The minimum Gasteiger partial charge on any atom is -0.497 e. The number of carbonyl (C=O) groups excluding carboxylic acids is 1. The number of benzene rings is 2. The van der Waals surface area contributed by atoms with E-state index in [1.165, 1.54) is 51.7 Å². The quantitative estimate of drug-likeness (QED) is 0.803. The van der Waals surface area contributed by atoms with Gasteiger partial charge in [-0.25, -0.2) is 13.2 Å². The number of methoxy groups -OCH3 is 3. The molecule has 0 saturated heterocycles. The highest BCUT2D eigenvalue weighted by Crippen LogP contribution is 2.30. The van der Waals surface area contributed by atoms with E-state index >= 15 is 0 Å². The molecule has 2 rings (SSSR count). The number of sulfonamides is 1. The molecular weight excluding hydrogens is 334 g/mol. The first-order valence-corrected chi connectivity index (χ1v) is 8.33. The van der Waals surface area contributed by atoms with Crippen molar-refractivity contribution in [3.63, 3.8) is 0 Å². The van der Waals surface area contributed by atoms with Gasteiger partial charge in [0.15, 0.2) is 0 Å². The van der Waals surface area contributed by atoms with Gasteiger partial charge in [0.1, 0.15) is 11.5 Å². The number of rotatable bonds is 6. The maximum Gasteiger partial charge on any atom is 0.337 e. The molecule has 0 fully saturated rings. The van der Waals surface area contributed by atoms with Crippen LogP contribution in [0.3, 0.4) is 0 Å². The van der Waals surface area contributed by atoms with E-state index in [0.29, 0.717) is 11.5 Å².